The summed E-state index contributed by atoms with van der Waals surface area (Å²) < 4.78 is 0. The van der Waals surface area contributed by atoms with E-state index in [4.69, 9.17) is 12.2 Å². The molecule has 0 unspecified atom stereocenters. The van der Waals surface area contributed by atoms with Crippen LogP contribution in [0.2, 0.25) is 0 Å². The number of carbonyl (C=O) groups excluding carboxylic acids is 2. The number of aryl methyl sites for hydroxylation is 1. The summed E-state index contributed by atoms with van der Waals surface area (Å²) in [5.74, 6) is -0.466. The average Bonchev–Trinajstić information content (AvgIpc) is 2.96. The molecule has 1 aliphatic rings. The summed E-state index contributed by atoms with van der Waals surface area (Å²) in [6, 6.07) is 9.60. The average molecular weight is 370 g/mol. The van der Waals surface area contributed by atoms with E-state index in [0.717, 1.165) is 10.4 Å². The molecule has 0 atom stereocenters. The Bertz CT molecular complexity index is 879. The van der Waals surface area contributed by atoms with Crippen molar-refractivity contribution in [2.45, 2.75) is 26.7 Å². The van der Waals surface area contributed by atoms with Crippen molar-refractivity contribution in [3.05, 3.63) is 57.3 Å². The zero-order valence-electron chi connectivity index (χ0n) is 14.2. The van der Waals surface area contributed by atoms with Gasteiger partial charge in [-0.05, 0) is 65.8 Å². The molecule has 1 saturated heterocycles. The molecule has 1 aliphatic heterocycles. The number of nitrogens with zero attached hydrogens (tertiary/aromatic N) is 1. The number of hydrogen-bond acceptors (Lipinski definition) is 4. The van der Waals surface area contributed by atoms with E-state index in [-0.39, 0.29) is 10.7 Å². The standard InChI is InChI=1S/C19H18N2O2S2/c1-11(2)13-4-6-14(7-5-13)21-18(23)15(17(22)20-19(21)24)10-16-12(3)8-9-25-16/h4-11H,1-3H3,(H,20,22,24)/b15-10+. The van der Waals surface area contributed by atoms with Crippen molar-refractivity contribution in [1.29, 1.82) is 0 Å². The van der Waals surface area contributed by atoms with Gasteiger partial charge in [-0.15, -0.1) is 11.3 Å². The quantitative estimate of drug-likeness (QED) is 0.504. The minimum atomic E-state index is -0.460. The predicted molar refractivity (Wildman–Crippen MR) is 106 cm³/mol. The molecule has 1 aromatic carbocycles. The van der Waals surface area contributed by atoms with Crippen molar-refractivity contribution in [2.24, 2.45) is 0 Å². The van der Waals surface area contributed by atoms with Gasteiger partial charge in [0.2, 0.25) is 0 Å². The van der Waals surface area contributed by atoms with E-state index < -0.39 is 11.8 Å². The first-order valence-electron chi connectivity index (χ1n) is 7.94. The van der Waals surface area contributed by atoms with E-state index >= 15 is 0 Å². The van der Waals surface area contributed by atoms with Gasteiger partial charge in [0.05, 0.1) is 5.69 Å². The number of anilines is 1. The summed E-state index contributed by atoms with van der Waals surface area (Å²) in [6.45, 7) is 6.16. The molecule has 0 spiro atoms. The second-order valence-corrected chi connectivity index (χ2v) is 7.51. The molecule has 3 rings (SSSR count). The molecule has 0 bridgehead atoms. The number of amides is 2. The minimum Gasteiger partial charge on any atom is -0.298 e. The first-order chi connectivity index (χ1) is 11.9. The number of rotatable bonds is 3. The summed E-state index contributed by atoms with van der Waals surface area (Å²) in [4.78, 5) is 27.4. The molecular weight excluding hydrogens is 352 g/mol. The predicted octanol–water partition coefficient (Wildman–Crippen LogP) is 4.01. The molecular formula is C19H18N2O2S2. The molecule has 0 radical (unpaired) electrons. The number of benzene rings is 1. The van der Waals surface area contributed by atoms with Gasteiger partial charge in [-0.1, -0.05) is 26.0 Å². The normalized spacial score (nSPS) is 16.7. The van der Waals surface area contributed by atoms with Gasteiger partial charge >= 0.3 is 0 Å². The van der Waals surface area contributed by atoms with Crippen LogP contribution in [0.4, 0.5) is 5.69 Å². The number of thiocarbonyl (C=S) groups is 1. The van der Waals surface area contributed by atoms with E-state index in [1.165, 1.54) is 21.8 Å². The highest BCUT2D eigenvalue weighted by Gasteiger charge is 2.34. The van der Waals surface area contributed by atoms with Crippen molar-refractivity contribution < 1.29 is 9.59 Å². The Labute approximate surface area is 156 Å². The molecule has 2 amide bonds. The third kappa shape index (κ3) is 3.41. The zero-order valence-corrected chi connectivity index (χ0v) is 15.8. The zero-order chi connectivity index (χ0) is 18.1. The van der Waals surface area contributed by atoms with Gasteiger partial charge in [0.1, 0.15) is 5.57 Å². The van der Waals surface area contributed by atoms with Crippen LogP contribution < -0.4 is 10.2 Å². The highest BCUT2D eigenvalue weighted by molar-refractivity contribution is 7.80. The third-order valence-corrected chi connectivity index (χ3v) is 5.35. The molecule has 25 heavy (non-hydrogen) atoms. The molecule has 1 fully saturated rings. The Morgan fingerprint density at radius 1 is 1.16 bits per heavy atom. The van der Waals surface area contributed by atoms with Crippen LogP contribution in [0, 0.1) is 6.92 Å². The van der Waals surface area contributed by atoms with Crippen LogP contribution in [-0.4, -0.2) is 16.9 Å². The van der Waals surface area contributed by atoms with Gasteiger partial charge in [0, 0.05) is 4.88 Å². The highest BCUT2D eigenvalue weighted by atomic mass is 32.1. The summed E-state index contributed by atoms with van der Waals surface area (Å²) in [7, 11) is 0. The van der Waals surface area contributed by atoms with E-state index in [1.54, 1.807) is 6.08 Å². The Morgan fingerprint density at radius 2 is 1.84 bits per heavy atom. The Balaban J connectivity index is 1.98. The first-order valence-corrected chi connectivity index (χ1v) is 9.23. The maximum absolute atomic E-state index is 12.9. The van der Waals surface area contributed by atoms with E-state index in [1.807, 2.05) is 42.6 Å². The summed E-state index contributed by atoms with van der Waals surface area (Å²) in [5.41, 5.74) is 2.94. The Morgan fingerprint density at radius 3 is 2.40 bits per heavy atom. The topological polar surface area (TPSA) is 49.4 Å². The van der Waals surface area contributed by atoms with E-state index in [9.17, 15) is 9.59 Å². The molecule has 2 heterocycles. The smallest absolute Gasteiger partial charge is 0.270 e. The number of thiophene rings is 1. The molecule has 1 N–H and O–H groups in total. The van der Waals surface area contributed by atoms with Crippen LogP contribution in [0.25, 0.3) is 6.08 Å². The maximum Gasteiger partial charge on any atom is 0.270 e. The van der Waals surface area contributed by atoms with Crippen molar-refractivity contribution >= 4 is 52.2 Å². The molecule has 128 valence electrons. The summed E-state index contributed by atoms with van der Waals surface area (Å²) in [6.07, 6.45) is 1.63. The largest absolute Gasteiger partial charge is 0.298 e. The van der Waals surface area contributed by atoms with Crippen LogP contribution in [0.15, 0.2) is 41.3 Å². The fourth-order valence-electron chi connectivity index (χ4n) is 2.56. The lowest BCUT2D eigenvalue weighted by atomic mass is 10.0. The van der Waals surface area contributed by atoms with Crippen molar-refractivity contribution in [3.8, 4) is 0 Å². The Hall–Kier alpha value is -2.31. The second-order valence-electron chi connectivity index (χ2n) is 6.17. The van der Waals surface area contributed by atoms with Gasteiger partial charge in [0.25, 0.3) is 11.8 Å². The molecule has 2 aromatic rings. The SMILES string of the molecule is Cc1ccsc1/C=C1\C(=O)NC(=S)N(c2ccc(C(C)C)cc2)C1=O. The van der Waals surface area contributed by atoms with Crippen molar-refractivity contribution in [3.63, 3.8) is 0 Å². The number of carbonyl (C=O) groups is 2. The van der Waals surface area contributed by atoms with E-state index in [2.05, 4.69) is 19.2 Å². The van der Waals surface area contributed by atoms with Gasteiger partial charge in [-0.2, -0.15) is 0 Å². The van der Waals surface area contributed by atoms with Crippen LogP contribution in [0.3, 0.4) is 0 Å². The van der Waals surface area contributed by atoms with Gasteiger partial charge in [0.15, 0.2) is 5.11 Å². The molecule has 0 aliphatic carbocycles. The molecule has 1 aromatic heterocycles. The van der Waals surface area contributed by atoms with Crippen LogP contribution in [0.5, 0.6) is 0 Å². The summed E-state index contributed by atoms with van der Waals surface area (Å²) in [5, 5.41) is 4.65. The van der Waals surface area contributed by atoms with E-state index in [0.29, 0.717) is 11.6 Å². The molecule has 4 nitrogen and oxygen atoms in total. The molecule has 6 heteroatoms. The van der Waals surface area contributed by atoms with Crippen LogP contribution >= 0.6 is 23.6 Å². The number of nitrogens with one attached hydrogen (secondary N) is 1. The minimum absolute atomic E-state index is 0.0899. The lowest BCUT2D eigenvalue weighted by molar-refractivity contribution is -0.122. The van der Waals surface area contributed by atoms with Gasteiger partial charge in [-0.25, -0.2) is 0 Å². The van der Waals surface area contributed by atoms with Gasteiger partial charge < -0.3 is 0 Å². The third-order valence-electron chi connectivity index (χ3n) is 4.10. The van der Waals surface area contributed by atoms with Crippen LogP contribution in [-0.2, 0) is 9.59 Å². The highest BCUT2D eigenvalue weighted by Crippen LogP contribution is 2.26. The summed E-state index contributed by atoms with van der Waals surface area (Å²) >= 11 is 6.71. The fraction of sp³-hybridized carbons (Fsp3) is 0.211. The van der Waals surface area contributed by atoms with Gasteiger partial charge in [-0.3, -0.25) is 19.8 Å². The lowest BCUT2D eigenvalue weighted by Gasteiger charge is -2.29. The number of hydrogen-bond donors (Lipinski definition) is 1. The van der Waals surface area contributed by atoms with Crippen LogP contribution in [0.1, 0.15) is 35.8 Å². The second kappa shape index (κ2) is 6.90. The first kappa shape index (κ1) is 17.5. The molecule has 0 saturated carbocycles. The fourth-order valence-corrected chi connectivity index (χ4v) is 3.70. The van der Waals surface area contributed by atoms with Crippen molar-refractivity contribution in [2.75, 3.05) is 4.90 Å². The monoisotopic (exact) mass is 370 g/mol. The maximum atomic E-state index is 12.9. The Kier molecular flexibility index (Phi) is 4.83. The van der Waals surface area contributed by atoms with Crippen molar-refractivity contribution in [1.82, 2.24) is 5.32 Å². The lowest BCUT2D eigenvalue weighted by Crippen LogP contribution is -2.54.